The molecule has 0 aliphatic carbocycles. The number of hydrogen-bond acceptors (Lipinski definition) is 1. The van der Waals surface area contributed by atoms with E-state index in [9.17, 15) is 4.39 Å². The molecule has 60 valence electrons. The van der Waals surface area contributed by atoms with Crippen molar-refractivity contribution in [1.82, 2.24) is 0 Å². The molecule has 1 N–H and O–H groups in total. The molecule has 0 spiro atoms. The highest BCUT2D eigenvalue weighted by Gasteiger charge is 2.00. The summed E-state index contributed by atoms with van der Waals surface area (Å²) in [5, 5.41) is 8.99. The standard InChI is InChI=1S/C8H8ClFO/c9-7-3-1-6(2-4-7)5-8(10)11/h1-4,8,11H,5H2. The van der Waals surface area contributed by atoms with Gasteiger partial charge < -0.3 is 5.11 Å². The van der Waals surface area contributed by atoms with Crippen LogP contribution >= 0.6 is 11.6 Å². The van der Waals surface area contributed by atoms with Crippen LogP contribution in [0.4, 0.5) is 4.39 Å². The number of alkyl halides is 1. The SMILES string of the molecule is OC(F)Cc1ccc(Cl)cc1. The van der Waals surface area contributed by atoms with Gasteiger partial charge in [-0.3, -0.25) is 0 Å². The van der Waals surface area contributed by atoms with Gasteiger partial charge >= 0.3 is 0 Å². The van der Waals surface area contributed by atoms with Crippen molar-refractivity contribution in [2.24, 2.45) is 0 Å². The maximum Gasteiger partial charge on any atom is 0.200 e. The Kier molecular flexibility index (Phi) is 2.85. The monoisotopic (exact) mass is 174 g/mol. The third-order valence-electron chi connectivity index (χ3n) is 1.32. The summed E-state index contributed by atoms with van der Waals surface area (Å²) in [5.41, 5.74) is 0.740. The Bertz CT molecular complexity index is 220. The summed E-state index contributed by atoms with van der Waals surface area (Å²) in [4.78, 5) is 0. The van der Waals surface area contributed by atoms with E-state index in [2.05, 4.69) is 0 Å². The van der Waals surface area contributed by atoms with E-state index in [-0.39, 0.29) is 6.42 Å². The molecule has 0 aromatic heterocycles. The minimum absolute atomic E-state index is 0.0250. The number of rotatable bonds is 2. The molecule has 0 amide bonds. The van der Waals surface area contributed by atoms with Gasteiger partial charge in [0.2, 0.25) is 0 Å². The first-order chi connectivity index (χ1) is 5.18. The van der Waals surface area contributed by atoms with Gasteiger partial charge in [0.15, 0.2) is 6.36 Å². The van der Waals surface area contributed by atoms with Crippen molar-refractivity contribution in [3.05, 3.63) is 34.9 Å². The zero-order valence-electron chi connectivity index (χ0n) is 5.80. The molecule has 0 bridgehead atoms. The van der Waals surface area contributed by atoms with E-state index >= 15 is 0 Å². The van der Waals surface area contributed by atoms with Crippen LogP contribution in [-0.4, -0.2) is 11.5 Å². The second-order valence-electron chi connectivity index (χ2n) is 2.27. The van der Waals surface area contributed by atoms with Crippen molar-refractivity contribution < 1.29 is 9.50 Å². The van der Waals surface area contributed by atoms with Crippen molar-refractivity contribution in [1.29, 1.82) is 0 Å². The van der Waals surface area contributed by atoms with Crippen molar-refractivity contribution in [2.75, 3.05) is 0 Å². The van der Waals surface area contributed by atoms with E-state index in [4.69, 9.17) is 16.7 Å². The van der Waals surface area contributed by atoms with Gasteiger partial charge in [-0.2, -0.15) is 0 Å². The molecule has 0 saturated heterocycles. The summed E-state index contributed by atoms with van der Waals surface area (Å²) in [6.45, 7) is 0. The van der Waals surface area contributed by atoms with Crippen LogP contribution in [0.2, 0.25) is 5.02 Å². The van der Waals surface area contributed by atoms with Crippen molar-refractivity contribution in [2.45, 2.75) is 12.8 Å². The fraction of sp³-hybridized carbons (Fsp3) is 0.250. The first-order valence-corrected chi connectivity index (χ1v) is 3.63. The molecule has 0 heterocycles. The second-order valence-corrected chi connectivity index (χ2v) is 2.70. The third kappa shape index (κ3) is 2.87. The molecule has 3 heteroatoms. The summed E-state index contributed by atoms with van der Waals surface area (Å²) < 4.78 is 12.0. The van der Waals surface area contributed by atoms with Gasteiger partial charge in [0.1, 0.15) is 0 Å². The molecule has 1 unspecified atom stereocenters. The summed E-state index contributed by atoms with van der Waals surface area (Å²) >= 11 is 5.59. The normalized spacial score (nSPS) is 13.0. The topological polar surface area (TPSA) is 20.2 Å². The maximum atomic E-state index is 12.0. The number of aliphatic hydroxyl groups excluding tert-OH is 1. The van der Waals surface area contributed by atoms with E-state index in [0.29, 0.717) is 5.02 Å². The highest BCUT2D eigenvalue weighted by molar-refractivity contribution is 6.30. The molecule has 0 aliphatic rings. The Hall–Kier alpha value is -0.600. The van der Waals surface area contributed by atoms with Crippen LogP contribution in [0, 0.1) is 0 Å². The van der Waals surface area contributed by atoms with E-state index in [0.717, 1.165) is 5.56 Å². The first-order valence-electron chi connectivity index (χ1n) is 3.25. The van der Waals surface area contributed by atoms with Crippen molar-refractivity contribution in [3.8, 4) is 0 Å². The lowest BCUT2D eigenvalue weighted by molar-refractivity contribution is 0.0430. The third-order valence-corrected chi connectivity index (χ3v) is 1.57. The van der Waals surface area contributed by atoms with Gasteiger partial charge in [-0.25, -0.2) is 4.39 Å². The molecular formula is C8H8ClFO. The van der Waals surface area contributed by atoms with Crippen molar-refractivity contribution in [3.63, 3.8) is 0 Å². The smallest absolute Gasteiger partial charge is 0.200 e. The van der Waals surface area contributed by atoms with E-state index < -0.39 is 6.36 Å². The lowest BCUT2D eigenvalue weighted by Crippen LogP contribution is -2.01. The summed E-state index contributed by atoms with van der Waals surface area (Å²) in [5.74, 6) is 0. The van der Waals surface area contributed by atoms with E-state index in [1.54, 1.807) is 24.3 Å². The van der Waals surface area contributed by atoms with Gasteiger partial charge in [0, 0.05) is 11.4 Å². The zero-order valence-corrected chi connectivity index (χ0v) is 6.55. The quantitative estimate of drug-likeness (QED) is 0.729. The minimum Gasteiger partial charge on any atom is -0.364 e. The molecule has 0 saturated carbocycles. The van der Waals surface area contributed by atoms with Gasteiger partial charge in [0.05, 0.1) is 0 Å². The number of halogens is 2. The van der Waals surface area contributed by atoms with Crippen LogP contribution in [0.1, 0.15) is 5.56 Å². The lowest BCUT2D eigenvalue weighted by atomic mass is 10.2. The largest absolute Gasteiger partial charge is 0.364 e. The van der Waals surface area contributed by atoms with Crippen LogP contribution in [0.15, 0.2) is 24.3 Å². The predicted octanol–water partition coefficient (Wildman–Crippen LogP) is 2.17. The second kappa shape index (κ2) is 3.69. The fourth-order valence-corrected chi connectivity index (χ4v) is 0.941. The van der Waals surface area contributed by atoms with Gasteiger partial charge in [-0.05, 0) is 17.7 Å². The van der Waals surface area contributed by atoms with Gasteiger partial charge in [-0.1, -0.05) is 23.7 Å². The van der Waals surface area contributed by atoms with Crippen molar-refractivity contribution >= 4 is 11.6 Å². The molecule has 11 heavy (non-hydrogen) atoms. The number of hydrogen-bond donors (Lipinski definition) is 1. The molecule has 0 radical (unpaired) electrons. The molecule has 1 aromatic carbocycles. The average molecular weight is 175 g/mol. The molecule has 0 fully saturated rings. The minimum atomic E-state index is -1.78. The molecule has 1 aromatic rings. The van der Waals surface area contributed by atoms with Crippen LogP contribution in [-0.2, 0) is 6.42 Å². The summed E-state index contributed by atoms with van der Waals surface area (Å²) in [6.07, 6.45) is -1.76. The predicted molar refractivity (Wildman–Crippen MR) is 42.3 cm³/mol. The van der Waals surface area contributed by atoms with E-state index in [1.807, 2.05) is 0 Å². The highest BCUT2D eigenvalue weighted by atomic mass is 35.5. The lowest BCUT2D eigenvalue weighted by Gasteiger charge is -2.00. The average Bonchev–Trinajstić information content (AvgIpc) is 1.93. The van der Waals surface area contributed by atoms with Crippen LogP contribution < -0.4 is 0 Å². The molecule has 1 rings (SSSR count). The van der Waals surface area contributed by atoms with Crippen LogP contribution in [0.5, 0.6) is 0 Å². The number of benzene rings is 1. The first kappa shape index (κ1) is 8.50. The summed E-state index contributed by atoms with van der Waals surface area (Å²) in [6, 6.07) is 6.70. The Morgan fingerprint density at radius 2 is 1.91 bits per heavy atom. The number of aliphatic hydroxyl groups is 1. The van der Waals surface area contributed by atoms with Gasteiger partial charge in [0.25, 0.3) is 0 Å². The van der Waals surface area contributed by atoms with Crippen LogP contribution in [0.3, 0.4) is 0 Å². The van der Waals surface area contributed by atoms with Crippen LogP contribution in [0.25, 0.3) is 0 Å². The maximum absolute atomic E-state index is 12.0. The molecular weight excluding hydrogens is 167 g/mol. The molecule has 0 aliphatic heterocycles. The van der Waals surface area contributed by atoms with E-state index in [1.165, 1.54) is 0 Å². The fourth-order valence-electron chi connectivity index (χ4n) is 0.815. The Balaban J connectivity index is 2.66. The Morgan fingerprint density at radius 3 is 2.36 bits per heavy atom. The Labute approximate surface area is 69.4 Å². The Morgan fingerprint density at radius 1 is 1.36 bits per heavy atom. The highest BCUT2D eigenvalue weighted by Crippen LogP contribution is 2.11. The molecule has 1 atom stereocenters. The molecule has 1 nitrogen and oxygen atoms in total. The van der Waals surface area contributed by atoms with Gasteiger partial charge in [-0.15, -0.1) is 0 Å². The summed E-state index contributed by atoms with van der Waals surface area (Å²) in [7, 11) is 0. The zero-order chi connectivity index (χ0) is 8.27.